The molecule has 1 fully saturated rings. The third-order valence-electron chi connectivity index (χ3n) is 7.26. The molecule has 0 bridgehead atoms. The van der Waals surface area contributed by atoms with Crippen molar-refractivity contribution in [2.45, 2.75) is 39.3 Å². The number of aryl methyl sites for hydroxylation is 2. The van der Waals surface area contributed by atoms with Crippen LogP contribution in [0.25, 0.3) is 5.69 Å². The minimum absolute atomic E-state index is 0.238. The maximum absolute atomic E-state index is 12.1. The van der Waals surface area contributed by atoms with Gasteiger partial charge in [-0.15, -0.1) is 0 Å². The van der Waals surface area contributed by atoms with Crippen molar-refractivity contribution in [3.8, 4) is 11.4 Å². The number of pyridine rings is 1. The number of sulfonamides is 1. The number of nitrogens with one attached hydrogen (secondary N) is 2. The summed E-state index contributed by atoms with van der Waals surface area (Å²) in [6.45, 7) is 6.41. The van der Waals surface area contributed by atoms with Crippen LogP contribution in [0.3, 0.4) is 0 Å². The number of hydrogen-bond donors (Lipinski definition) is 2. The molecule has 8 nitrogen and oxygen atoms in total. The predicted molar refractivity (Wildman–Crippen MR) is 164 cm³/mol. The van der Waals surface area contributed by atoms with Crippen LogP contribution in [0.2, 0.25) is 0 Å². The van der Waals surface area contributed by atoms with Crippen LogP contribution >= 0.6 is 12.2 Å². The average molecular weight is 576 g/mol. The molecule has 2 N–H and O–H groups in total. The summed E-state index contributed by atoms with van der Waals surface area (Å²) in [4.78, 5) is 6.71. The summed E-state index contributed by atoms with van der Waals surface area (Å²) < 4.78 is 34.6. The van der Waals surface area contributed by atoms with Crippen molar-refractivity contribution in [1.29, 1.82) is 0 Å². The molecule has 0 saturated carbocycles. The molecule has 1 aliphatic heterocycles. The van der Waals surface area contributed by atoms with Gasteiger partial charge in [0.15, 0.2) is 5.11 Å². The van der Waals surface area contributed by atoms with Crippen LogP contribution in [0, 0.1) is 13.8 Å². The van der Waals surface area contributed by atoms with Crippen molar-refractivity contribution in [3.63, 3.8) is 0 Å². The fourth-order valence-corrected chi connectivity index (χ4v) is 6.46. The number of thiocarbonyl (C=S) groups is 1. The van der Waals surface area contributed by atoms with Crippen LogP contribution in [-0.2, 0) is 16.4 Å². The number of benzene rings is 2. The van der Waals surface area contributed by atoms with Gasteiger partial charge in [0.25, 0.3) is 0 Å². The van der Waals surface area contributed by atoms with Crippen LogP contribution in [0.15, 0.2) is 72.9 Å². The smallest absolute Gasteiger partial charge is 0.229 e. The van der Waals surface area contributed by atoms with Crippen LogP contribution in [0.4, 0.5) is 11.4 Å². The molecule has 0 unspecified atom stereocenters. The highest BCUT2D eigenvalue weighted by atomic mass is 32.2. The minimum Gasteiger partial charge on any atom is -0.495 e. The molecule has 40 heavy (non-hydrogen) atoms. The molecule has 1 aliphatic rings. The molecule has 3 heterocycles. The zero-order valence-electron chi connectivity index (χ0n) is 23.2. The van der Waals surface area contributed by atoms with Gasteiger partial charge in [0.1, 0.15) is 5.75 Å². The molecular formula is C30H33N5O3S2. The van der Waals surface area contributed by atoms with Crippen molar-refractivity contribution in [2.24, 2.45) is 0 Å². The Bertz CT molecular complexity index is 1670. The van der Waals surface area contributed by atoms with Crippen molar-refractivity contribution in [2.75, 3.05) is 23.0 Å². The first-order valence-electron chi connectivity index (χ1n) is 13.1. The summed E-state index contributed by atoms with van der Waals surface area (Å²) in [6, 6.07) is 21.4. The molecule has 208 valence electrons. The van der Waals surface area contributed by atoms with E-state index in [1.807, 2.05) is 29.2 Å². The zero-order valence-corrected chi connectivity index (χ0v) is 24.8. The Balaban J connectivity index is 1.70. The van der Waals surface area contributed by atoms with Gasteiger partial charge in [0, 0.05) is 29.0 Å². The van der Waals surface area contributed by atoms with Crippen LogP contribution < -0.4 is 19.7 Å². The second-order valence-corrected chi connectivity index (χ2v) is 12.0. The van der Waals surface area contributed by atoms with Gasteiger partial charge in [-0.25, -0.2) is 8.42 Å². The van der Waals surface area contributed by atoms with Crippen LogP contribution in [0.1, 0.15) is 47.2 Å². The number of ether oxygens (including phenoxy) is 1. The van der Waals surface area contributed by atoms with E-state index in [1.54, 1.807) is 18.3 Å². The van der Waals surface area contributed by atoms with Crippen LogP contribution in [0.5, 0.6) is 5.75 Å². The maximum Gasteiger partial charge on any atom is 0.229 e. The first-order chi connectivity index (χ1) is 19.1. The number of aromatic nitrogens is 2. The topological polar surface area (TPSA) is 88.5 Å². The number of para-hydroxylation sites is 1. The second kappa shape index (κ2) is 10.9. The monoisotopic (exact) mass is 575 g/mol. The highest BCUT2D eigenvalue weighted by Gasteiger charge is 2.42. The number of methoxy groups -OCH3 is 1. The molecule has 0 amide bonds. The molecule has 5 rings (SSSR count). The Kier molecular flexibility index (Phi) is 7.57. The highest BCUT2D eigenvalue weighted by Crippen LogP contribution is 2.45. The second-order valence-electron chi connectivity index (χ2n) is 9.90. The van der Waals surface area contributed by atoms with E-state index in [1.165, 1.54) is 12.7 Å². The van der Waals surface area contributed by atoms with Gasteiger partial charge in [-0.2, -0.15) is 0 Å². The molecule has 4 aromatic rings. The molecule has 0 spiro atoms. The minimum atomic E-state index is -3.54. The van der Waals surface area contributed by atoms with Crippen molar-refractivity contribution < 1.29 is 13.2 Å². The molecule has 0 radical (unpaired) electrons. The first-order valence-corrected chi connectivity index (χ1v) is 15.4. The van der Waals surface area contributed by atoms with Gasteiger partial charge >= 0.3 is 0 Å². The molecular weight excluding hydrogens is 542 g/mol. The number of hydrogen-bond acceptors (Lipinski definition) is 5. The lowest BCUT2D eigenvalue weighted by Gasteiger charge is -2.29. The summed E-state index contributed by atoms with van der Waals surface area (Å²) >= 11 is 5.92. The van der Waals surface area contributed by atoms with Crippen molar-refractivity contribution in [1.82, 2.24) is 14.9 Å². The standard InChI is InChI=1S/C30H33N5O3S2/c1-6-21-11-7-8-13-26(21)34-19(2)17-23(20(34)3)29-28(24-12-9-10-16-31-24)32-30(39)35(29)22-14-15-27(38-4)25(18-22)33-40(5,36)37/h7-18,28-29,33H,6H2,1-5H3,(H,32,39)/t28-,29+/m0/s1. The Morgan fingerprint density at radius 2 is 1.82 bits per heavy atom. The van der Waals surface area contributed by atoms with E-state index in [0.29, 0.717) is 16.5 Å². The molecule has 1 saturated heterocycles. The lowest BCUT2D eigenvalue weighted by Crippen LogP contribution is -2.29. The van der Waals surface area contributed by atoms with E-state index < -0.39 is 10.0 Å². The fourth-order valence-electron chi connectivity index (χ4n) is 5.56. The SMILES string of the molecule is CCc1ccccc1-n1c(C)cc([C@@H]2[C@H](c3ccccn3)NC(=S)N2c2ccc(OC)c(NS(C)(=O)=O)c2)c1C. The van der Waals surface area contributed by atoms with Gasteiger partial charge in [0.05, 0.1) is 36.8 Å². The Morgan fingerprint density at radius 3 is 2.50 bits per heavy atom. The summed E-state index contributed by atoms with van der Waals surface area (Å²) in [5, 5.41) is 4.02. The summed E-state index contributed by atoms with van der Waals surface area (Å²) in [5.74, 6) is 0.416. The maximum atomic E-state index is 12.1. The third kappa shape index (κ3) is 5.16. The lowest BCUT2D eigenvalue weighted by atomic mass is 9.96. The number of anilines is 2. The largest absolute Gasteiger partial charge is 0.495 e. The molecule has 2 aromatic carbocycles. The highest BCUT2D eigenvalue weighted by molar-refractivity contribution is 7.92. The average Bonchev–Trinajstić information content (AvgIpc) is 3.42. The van der Waals surface area contributed by atoms with E-state index >= 15 is 0 Å². The van der Waals surface area contributed by atoms with Gasteiger partial charge in [-0.1, -0.05) is 31.2 Å². The molecule has 10 heteroatoms. The number of nitrogens with zero attached hydrogens (tertiary/aromatic N) is 3. The molecule has 2 atom stereocenters. The Hall–Kier alpha value is -3.89. The molecule has 2 aromatic heterocycles. The van der Waals surface area contributed by atoms with E-state index in [2.05, 4.69) is 70.7 Å². The zero-order chi connectivity index (χ0) is 28.6. The summed E-state index contributed by atoms with van der Waals surface area (Å²) in [6.07, 6.45) is 3.81. The van der Waals surface area contributed by atoms with Gasteiger partial charge in [0.2, 0.25) is 10.0 Å². The van der Waals surface area contributed by atoms with Crippen molar-refractivity contribution >= 4 is 38.7 Å². The first kappa shape index (κ1) is 27.7. The normalized spacial score (nSPS) is 17.1. The quantitative estimate of drug-likeness (QED) is 0.264. The Labute approximate surface area is 241 Å². The summed E-state index contributed by atoms with van der Waals surface area (Å²) in [7, 11) is -2.03. The third-order valence-corrected chi connectivity index (χ3v) is 8.16. The van der Waals surface area contributed by atoms with Crippen LogP contribution in [-0.4, -0.2) is 36.4 Å². The van der Waals surface area contributed by atoms with Gasteiger partial charge in [-0.05, 0) is 86.1 Å². The predicted octanol–water partition coefficient (Wildman–Crippen LogP) is 5.61. The van der Waals surface area contributed by atoms with Crippen molar-refractivity contribution in [3.05, 3.63) is 101 Å². The van der Waals surface area contributed by atoms with E-state index in [4.69, 9.17) is 17.0 Å². The van der Waals surface area contributed by atoms with E-state index in [0.717, 1.165) is 46.7 Å². The molecule has 0 aliphatic carbocycles. The lowest BCUT2D eigenvalue weighted by molar-refractivity contribution is 0.417. The Morgan fingerprint density at radius 1 is 1.07 bits per heavy atom. The summed E-state index contributed by atoms with van der Waals surface area (Å²) in [5.41, 5.74) is 7.66. The van der Waals surface area contributed by atoms with E-state index in [9.17, 15) is 8.42 Å². The van der Waals surface area contributed by atoms with Gasteiger partial charge < -0.3 is 19.5 Å². The number of rotatable bonds is 8. The van der Waals surface area contributed by atoms with E-state index in [-0.39, 0.29) is 12.1 Å². The van der Waals surface area contributed by atoms with Gasteiger partial charge in [-0.3, -0.25) is 9.71 Å². The fraction of sp³-hybridized carbons (Fsp3) is 0.267.